The molecule has 0 aliphatic rings. The number of nitro groups is 1. The Bertz CT molecular complexity index is 764. The predicted octanol–water partition coefficient (Wildman–Crippen LogP) is 3.20. The van der Waals surface area contributed by atoms with Gasteiger partial charge in [0.2, 0.25) is 5.91 Å². The molecule has 0 aliphatic heterocycles. The zero-order valence-corrected chi connectivity index (χ0v) is 14.1. The van der Waals surface area contributed by atoms with Crippen molar-refractivity contribution in [3.8, 4) is 0 Å². The molecule has 0 spiro atoms. The molecule has 0 unspecified atom stereocenters. The Labute approximate surface area is 142 Å². The van der Waals surface area contributed by atoms with Gasteiger partial charge in [-0.2, -0.15) is 4.68 Å². The van der Waals surface area contributed by atoms with Crippen molar-refractivity contribution in [2.24, 2.45) is 0 Å². The molecule has 0 atom stereocenters. The summed E-state index contributed by atoms with van der Waals surface area (Å²) in [6.07, 6.45) is 2.70. The highest BCUT2D eigenvalue weighted by atomic mass is 79.9. The highest BCUT2D eigenvalue weighted by Crippen LogP contribution is 2.28. The smallest absolute Gasteiger partial charge is 0.358 e. The van der Waals surface area contributed by atoms with E-state index in [4.69, 9.17) is 23.2 Å². The van der Waals surface area contributed by atoms with Gasteiger partial charge in [0.15, 0.2) is 5.82 Å². The first kappa shape index (κ1) is 16.7. The van der Waals surface area contributed by atoms with Crippen LogP contribution in [0.15, 0.2) is 16.9 Å². The predicted molar refractivity (Wildman–Crippen MR) is 84.2 cm³/mol. The number of nitrogens with zero attached hydrogens (tertiary/aromatic N) is 4. The third kappa shape index (κ3) is 3.54. The van der Waals surface area contributed by atoms with E-state index >= 15 is 0 Å². The summed E-state index contributed by atoms with van der Waals surface area (Å²) in [5, 5.41) is 17.5. The Balaban J connectivity index is 2.12. The van der Waals surface area contributed by atoms with Crippen molar-refractivity contribution in [2.45, 2.75) is 13.5 Å². The van der Waals surface area contributed by atoms with E-state index in [1.54, 1.807) is 6.92 Å². The first-order valence-corrected chi connectivity index (χ1v) is 7.32. The average Bonchev–Trinajstić information content (AvgIpc) is 2.80. The second-order valence-corrected chi connectivity index (χ2v) is 5.84. The normalized spacial score (nSPS) is 10.5. The lowest BCUT2D eigenvalue weighted by molar-refractivity contribution is -0.390. The summed E-state index contributed by atoms with van der Waals surface area (Å²) < 4.78 is 1.32. The van der Waals surface area contributed by atoms with Gasteiger partial charge in [0, 0.05) is 6.20 Å². The molecule has 1 amide bonds. The van der Waals surface area contributed by atoms with Crippen LogP contribution in [0.3, 0.4) is 0 Å². The van der Waals surface area contributed by atoms with E-state index in [0.29, 0.717) is 10.6 Å². The summed E-state index contributed by atoms with van der Waals surface area (Å²) >= 11 is 14.9. The van der Waals surface area contributed by atoms with Crippen molar-refractivity contribution in [2.75, 3.05) is 5.32 Å². The van der Waals surface area contributed by atoms with Crippen molar-refractivity contribution in [3.63, 3.8) is 0 Å². The molecular formula is C11H8BrCl2N5O3. The van der Waals surface area contributed by atoms with E-state index in [1.165, 1.54) is 12.4 Å². The average molecular weight is 409 g/mol. The molecule has 0 saturated heterocycles. The molecule has 0 aromatic carbocycles. The minimum atomic E-state index is -0.653. The second-order valence-electron chi connectivity index (χ2n) is 4.20. The number of rotatable bonds is 4. The van der Waals surface area contributed by atoms with Gasteiger partial charge in [-0.1, -0.05) is 23.2 Å². The maximum atomic E-state index is 11.9. The lowest BCUT2D eigenvalue weighted by Crippen LogP contribution is -2.20. The number of hydrogen-bond donors (Lipinski definition) is 1. The van der Waals surface area contributed by atoms with Gasteiger partial charge in [-0.15, -0.1) is 0 Å². The Hall–Kier alpha value is -1.71. The summed E-state index contributed by atoms with van der Waals surface area (Å²) in [7, 11) is 0. The first-order chi connectivity index (χ1) is 10.3. The van der Waals surface area contributed by atoms with Gasteiger partial charge in [0.05, 0.1) is 21.3 Å². The molecule has 116 valence electrons. The van der Waals surface area contributed by atoms with Gasteiger partial charge in [0.1, 0.15) is 11.0 Å². The molecule has 0 radical (unpaired) electrons. The zero-order valence-electron chi connectivity index (χ0n) is 11.0. The summed E-state index contributed by atoms with van der Waals surface area (Å²) in [5.74, 6) is -0.693. The number of amides is 1. The molecule has 1 N–H and O–H groups in total. The van der Waals surface area contributed by atoms with Crippen molar-refractivity contribution >= 4 is 56.7 Å². The van der Waals surface area contributed by atoms with Crippen LogP contribution in [0.4, 0.5) is 11.6 Å². The van der Waals surface area contributed by atoms with Gasteiger partial charge in [-0.25, -0.2) is 4.98 Å². The highest BCUT2D eigenvalue weighted by molar-refractivity contribution is 9.10. The molecule has 0 bridgehead atoms. The molecule has 2 aromatic rings. The van der Waals surface area contributed by atoms with Crippen LogP contribution >= 0.6 is 39.1 Å². The Kier molecular flexibility index (Phi) is 4.99. The number of hydrogen-bond acceptors (Lipinski definition) is 5. The quantitative estimate of drug-likeness (QED) is 0.617. The van der Waals surface area contributed by atoms with Crippen LogP contribution in [0.1, 0.15) is 5.56 Å². The molecule has 22 heavy (non-hydrogen) atoms. The minimum Gasteiger partial charge on any atom is -0.358 e. The van der Waals surface area contributed by atoms with Gasteiger partial charge in [0.25, 0.3) is 0 Å². The molecule has 0 saturated carbocycles. The highest BCUT2D eigenvalue weighted by Gasteiger charge is 2.20. The van der Waals surface area contributed by atoms with Crippen molar-refractivity contribution in [1.29, 1.82) is 0 Å². The number of nitrogens with one attached hydrogen (secondary N) is 1. The lowest BCUT2D eigenvalue weighted by Gasteiger charge is -2.08. The number of pyridine rings is 1. The van der Waals surface area contributed by atoms with Gasteiger partial charge in [-0.3, -0.25) is 4.79 Å². The third-order valence-corrected chi connectivity index (χ3v) is 4.04. The van der Waals surface area contributed by atoms with E-state index in [1.807, 2.05) is 0 Å². The van der Waals surface area contributed by atoms with Gasteiger partial charge in [-0.05, 0) is 33.3 Å². The van der Waals surface area contributed by atoms with Crippen LogP contribution in [-0.2, 0) is 11.3 Å². The van der Waals surface area contributed by atoms with E-state index < -0.39 is 10.8 Å². The standard InChI is InChI=1S/C11H8BrCl2N5O3/c1-5-7(13)2-15-10(9(5)14)16-8(20)4-18-3-6(12)11(17-18)19(21)22/h2-3H,4H2,1H3,(H,15,16,20). The topological polar surface area (TPSA) is 103 Å². The van der Waals surface area contributed by atoms with Crippen LogP contribution in [0.5, 0.6) is 0 Å². The van der Waals surface area contributed by atoms with Gasteiger partial charge < -0.3 is 15.4 Å². The van der Waals surface area contributed by atoms with Crippen molar-refractivity contribution in [1.82, 2.24) is 14.8 Å². The fraction of sp³-hybridized carbons (Fsp3) is 0.182. The van der Waals surface area contributed by atoms with Crippen molar-refractivity contribution < 1.29 is 9.72 Å². The number of carbonyl (C=O) groups is 1. The maximum absolute atomic E-state index is 11.9. The molecule has 0 fully saturated rings. The first-order valence-electron chi connectivity index (χ1n) is 5.77. The van der Waals surface area contributed by atoms with E-state index in [-0.39, 0.29) is 27.7 Å². The third-order valence-electron chi connectivity index (χ3n) is 2.64. The molecule has 0 aliphatic carbocycles. The summed E-state index contributed by atoms with van der Waals surface area (Å²) in [6.45, 7) is 1.46. The SMILES string of the molecule is Cc1c(Cl)cnc(NC(=O)Cn2cc(Br)c([N+](=O)[O-])n2)c1Cl. The number of halogens is 3. The Morgan fingerprint density at radius 2 is 2.23 bits per heavy atom. The maximum Gasteiger partial charge on any atom is 0.404 e. The summed E-state index contributed by atoms with van der Waals surface area (Å²) in [5.41, 5.74) is 0.589. The molecular weight excluding hydrogens is 401 g/mol. The molecule has 11 heteroatoms. The minimum absolute atomic E-state index is 0.161. The molecule has 2 aromatic heterocycles. The van der Waals surface area contributed by atoms with Crippen LogP contribution in [-0.4, -0.2) is 25.6 Å². The fourth-order valence-electron chi connectivity index (χ4n) is 1.55. The zero-order chi connectivity index (χ0) is 16.4. The molecule has 2 rings (SSSR count). The van der Waals surface area contributed by atoms with Crippen molar-refractivity contribution in [3.05, 3.63) is 42.6 Å². The van der Waals surface area contributed by atoms with E-state index in [2.05, 4.69) is 31.3 Å². The van der Waals surface area contributed by atoms with Crippen LogP contribution in [0.2, 0.25) is 10.0 Å². The number of carbonyl (C=O) groups excluding carboxylic acids is 1. The second kappa shape index (κ2) is 6.59. The molecule has 2 heterocycles. The van der Waals surface area contributed by atoms with Crippen LogP contribution in [0, 0.1) is 17.0 Å². The summed E-state index contributed by atoms with van der Waals surface area (Å²) in [4.78, 5) is 25.9. The summed E-state index contributed by atoms with van der Waals surface area (Å²) in [6, 6.07) is 0. The lowest BCUT2D eigenvalue weighted by atomic mass is 10.3. The van der Waals surface area contributed by atoms with E-state index in [0.717, 1.165) is 4.68 Å². The van der Waals surface area contributed by atoms with Crippen LogP contribution < -0.4 is 5.32 Å². The number of anilines is 1. The molecule has 8 nitrogen and oxygen atoms in total. The van der Waals surface area contributed by atoms with Gasteiger partial charge >= 0.3 is 5.82 Å². The Morgan fingerprint density at radius 1 is 1.55 bits per heavy atom. The monoisotopic (exact) mass is 407 g/mol. The van der Waals surface area contributed by atoms with E-state index in [9.17, 15) is 14.9 Å². The number of aromatic nitrogens is 3. The largest absolute Gasteiger partial charge is 0.404 e. The van der Waals surface area contributed by atoms with Crippen LogP contribution in [0.25, 0.3) is 0 Å². The Morgan fingerprint density at radius 3 is 2.82 bits per heavy atom. The fourth-order valence-corrected chi connectivity index (χ4v) is 2.40.